The normalized spacial score (nSPS) is 15.5. The lowest BCUT2D eigenvalue weighted by Gasteiger charge is -2.14. The van der Waals surface area contributed by atoms with Crippen LogP contribution >= 0.6 is 0 Å². The average Bonchev–Trinajstić information content (AvgIpc) is 3.68. The topological polar surface area (TPSA) is 94.7 Å². The van der Waals surface area contributed by atoms with Crippen LogP contribution in [0.5, 0.6) is 0 Å². The van der Waals surface area contributed by atoms with Gasteiger partial charge in [0.2, 0.25) is 5.91 Å². The first-order valence-electron chi connectivity index (χ1n) is 12.9. The second-order valence-electron chi connectivity index (χ2n) is 9.93. The Morgan fingerprint density at radius 3 is 2.81 bits per heavy atom. The molecule has 2 aromatic carbocycles. The van der Waals surface area contributed by atoms with E-state index < -0.39 is 0 Å². The maximum absolute atomic E-state index is 13.1. The van der Waals surface area contributed by atoms with Gasteiger partial charge in [0.15, 0.2) is 5.82 Å². The molecule has 4 aromatic rings. The van der Waals surface area contributed by atoms with Crippen molar-refractivity contribution >= 4 is 22.5 Å². The summed E-state index contributed by atoms with van der Waals surface area (Å²) in [6.07, 6.45) is 7.07. The standard InChI is InChI=1S/C28H30N6O2/c1-18-10-11-19(27-32-31-25-9-3-2-6-16-33(25)27)17-23(18)30-26(35)15-14-24-29-22-8-5-4-7-21(22)28(36)34(24)20-12-13-20/h4-5,7-8,10-11,17,20H,2-3,6,9,12-16H2,1H3,(H,30,35). The van der Waals surface area contributed by atoms with Gasteiger partial charge in [-0.05, 0) is 56.4 Å². The Bertz CT molecular complexity index is 1510. The van der Waals surface area contributed by atoms with Gasteiger partial charge < -0.3 is 9.88 Å². The van der Waals surface area contributed by atoms with Gasteiger partial charge >= 0.3 is 0 Å². The molecule has 1 amide bonds. The van der Waals surface area contributed by atoms with Gasteiger partial charge in [0.05, 0.1) is 10.9 Å². The molecular formula is C28H30N6O2. The summed E-state index contributed by atoms with van der Waals surface area (Å²) in [4.78, 5) is 30.8. The molecule has 0 unspecified atom stereocenters. The molecular weight excluding hydrogens is 452 g/mol. The highest BCUT2D eigenvalue weighted by atomic mass is 16.1. The predicted octanol–water partition coefficient (Wildman–Crippen LogP) is 4.60. The summed E-state index contributed by atoms with van der Waals surface area (Å²) in [5.41, 5.74) is 3.39. The van der Waals surface area contributed by atoms with E-state index in [-0.39, 0.29) is 23.9 Å². The largest absolute Gasteiger partial charge is 0.326 e. The van der Waals surface area contributed by atoms with Gasteiger partial charge in [-0.1, -0.05) is 30.7 Å². The van der Waals surface area contributed by atoms with Gasteiger partial charge in [-0.25, -0.2) is 4.98 Å². The molecule has 36 heavy (non-hydrogen) atoms. The molecule has 1 aliphatic heterocycles. The van der Waals surface area contributed by atoms with Crippen LogP contribution in [0.4, 0.5) is 5.69 Å². The monoisotopic (exact) mass is 482 g/mol. The second-order valence-corrected chi connectivity index (χ2v) is 9.93. The van der Waals surface area contributed by atoms with E-state index >= 15 is 0 Å². The number of carbonyl (C=O) groups is 1. The third kappa shape index (κ3) is 4.32. The third-order valence-electron chi connectivity index (χ3n) is 7.25. The molecule has 1 aliphatic carbocycles. The number of fused-ring (bicyclic) bond motifs is 2. The minimum atomic E-state index is -0.0972. The van der Waals surface area contributed by atoms with Crippen LogP contribution in [0.15, 0.2) is 47.3 Å². The number of benzene rings is 2. The van der Waals surface area contributed by atoms with E-state index in [2.05, 4.69) is 20.1 Å². The van der Waals surface area contributed by atoms with Gasteiger partial charge in [-0.3, -0.25) is 14.2 Å². The van der Waals surface area contributed by atoms with Crippen molar-refractivity contribution in [2.75, 3.05) is 5.32 Å². The number of amides is 1. The van der Waals surface area contributed by atoms with Crippen molar-refractivity contribution in [3.05, 3.63) is 70.0 Å². The van der Waals surface area contributed by atoms with Gasteiger partial charge in [-0.15, -0.1) is 10.2 Å². The molecule has 8 nitrogen and oxygen atoms in total. The molecule has 1 N–H and O–H groups in total. The highest BCUT2D eigenvalue weighted by molar-refractivity contribution is 5.92. The quantitative estimate of drug-likeness (QED) is 0.434. The average molecular weight is 483 g/mol. The first-order chi connectivity index (χ1) is 17.6. The molecule has 1 saturated carbocycles. The fourth-order valence-corrected chi connectivity index (χ4v) is 5.11. The van der Waals surface area contributed by atoms with E-state index in [1.807, 2.05) is 49.4 Å². The molecule has 1 fully saturated rings. The van der Waals surface area contributed by atoms with Crippen LogP contribution in [0.25, 0.3) is 22.3 Å². The Morgan fingerprint density at radius 1 is 1.08 bits per heavy atom. The number of nitrogens with one attached hydrogen (secondary N) is 1. The summed E-state index contributed by atoms with van der Waals surface area (Å²) in [6.45, 7) is 2.91. The van der Waals surface area contributed by atoms with Crippen LogP contribution in [0.2, 0.25) is 0 Å². The number of para-hydroxylation sites is 1. The second kappa shape index (κ2) is 9.33. The Morgan fingerprint density at radius 2 is 1.94 bits per heavy atom. The SMILES string of the molecule is Cc1ccc(-c2nnc3n2CCCCC3)cc1NC(=O)CCc1nc2ccccc2c(=O)n1C1CC1. The zero-order valence-corrected chi connectivity index (χ0v) is 20.5. The van der Waals surface area contributed by atoms with Crippen molar-refractivity contribution in [2.24, 2.45) is 0 Å². The lowest BCUT2D eigenvalue weighted by Crippen LogP contribution is -2.25. The van der Waals surface area contributed by atoms with Crippen molar-refractivity contribution in [1.29, 1.82) is 0 Å². The molecule has 0 bridgehead atoms. The van der Waals surface area contributed by atoms with Gasteiger partial charge in [0.1, 0.15) is 11.6 Å². The van der Waals surface area contributed by atoms with E-state index in [1.165, 1.54) is 6.42 Å². The van der Waals surface area contributed by atoms with Crippen molar-refractivity contribution in [2.45, 2.75) is 70.9 Å². The Balaban J connectivity index is 1.21. The highest BCUT2D eigenvalue weighted by Gasteiger charge is 2.28. The molecule has 0 spiro atoms. The number of hydrogen-bond donors (Lipinski definition) is 1. The summed E-state index contributed by atoms with van der Waals surface area (Å²) < 4.78 is 4.02. The van der Waals surface area contributed by atoms with Gasteiger partial charge in [0.25, 0.3) is 5.56 Å². The van der Waals surface area contributed by atoms with Crippen molar-refractivity contribution in [3.63, 3.8) is 0 Å². The molecule has 184 valence electrons. The molecule has 0 saturated heterocycles. The smallest absolute Gasteiger partial charge is 0.261 e. The maximum Gasteiger partial charge on any atom is 0.261 e. The van der Waals surface area contributed by atoms with Crippen LogP contribution in [0.1, 0.15) is 61.8 Å². The minimum Gasteiger partial charge on any atom is -0.326 e. The van der Waals surface area contributed by atoms with Crippen LogP contribution in [0.3, 0.4) is 0 Å². The number of hydrogen-bond acceptors (Lipinski definition) is 5. The van der Waals surface area contributed by atoms with E-state index in [0.29, 0.717) is 23.1 Å². The molecule has 0 atom stereocenters. The molecule has 6 rings (SSSR count). The van der Waals surface area contributed by atoms with E-state index in [4.69, 9.17) is 4.98 Å². The number of nitrogens with zero attached hydrogens (tertiary/aromatic N) is 5. The van der Waals surface area contributed by atoms with Gasteiger partial charge in [0, 0.05) is 43.1 Å². The minimum absolute atomic E-state index is 0.00510. The fraction of sp³-hybridized carbons (Fsp3) is 0.393. The summed E-state index contributed by atoms with van der Waals surface area (Å²) in [7, 11) is 0. The fourth-order valence-electron chi connectivity index (χ4n) is 5.11. The number of carbonyl (C=O) groups excluding carboxylic acids is 1. The van der Waals surface area contributed by atoms with E-state index in [1.54, 1.807) is 4.57 Å². The van der Waals surface area contributed by atoms with E-state index in [0.717, 1.165) is 67.1 Å². The van der Waals surface area contributed by atoms with Gasteiger partial charge in [-0.2, -0.15) is 0 Å². The number of anilines is 1. The van der Waals surface area contributed by atoms with Crippen molar-refractivity contribution in [3.8, 4) is 11.4 Å². The van der Waals surface area contributed by atoms with Crippen LogP contribution < -0.4 is 10.9 Å². The van der Waals surface area contributed by atoms with Crippen LogP contribution in [-0.2, 0) is 24.2 Å². The number of rotatable bonds is 6. The van der Waals surface area contributed by atoms with Crippen molar-refractivity contribution in [1.82, 2.24) is 24.3 Å². The van der Waals surface area contributed by atoms with Crippen LogP contribution in [-0.4, -0.2) is 30.2 Å². The highest BCUT2D eigenvalue weighted by Crippen LogP contribution is 2.35. The third-order valence-corrected chi connectivity index (χ3v) is 7.25. The Kier molecular flexibility index (Phi) is 5.87. The summed E-state index contributed by atoms with van der Waals surface area (Å²) >= 11 is 0. The van der Waals surface area contributed by atoms with Crippen molar-refractivity contribution < 1.29 is 4.79 Å². The lowest BCUT2D eigenvalue weighted by atomic mass is 10.1. The Labute approximate surface area is 209 Å². The van der Waals surface area contributed by atoms with Crippen LogP contribution in [0, 0.1) is 6.92 Å². The number of aryl methyl sites for hydroxylation is 3. The van der Waals surface area contributed by atoms with E-state index in [9.17, 15) is 9.59 Å². The first-order valence-corrected chi connectivity index (χ1v) is 12.9. The zero-order chi connectivity index (χ0) is 24.6. The first kappa shape index (κ1) is 22.6. The summed E-state index contributed by atoms with van der Waals surface area (Å²) in [6, 6.07) is 13.7. The summed E-state index contributed by atoms with van der Waals surface area (Å²) in [5.74, 6) is 2.49. The molecule has 8 heteroatoms. The zero-order valence-electron chi connectivity index (χ0n) is 20.5. The maximum atomic E-state index is 13.1. The molecule has 3 heterocycles. The number of aromatic nitrogens is 5. The molecule has 0 radical (unpaired) electrons. The lowest BCUT2D eigenvalue weighted by molar-refractivity contribution is -0.116. The summed E-state index contributed by atoms with van der Waals surface area (Å²) in [5, 5.41) is 12.6. The predicted molar refractivity (Wildman–Crippen MR) is 139 cm³/mol. The molecule has 2 aromatic heterocycles. The Hall–Kier alpha value is -3.81. The molecule has 2 aliphatic rings.